The number of amides is 1. The molecule has 5 rings (SSSR count). The zero-order chi connectivity index (χ0) is 25.6. The Morgan fingerprint density at radius 3 is 2.14 bits per heavy atom. The first-order chi connectivity index (χ1) is 17.1. The molecule has 0 radical (unpaired) electrons. The molecule has 3 aromatic carbocycles. The number of anilines is 1. The van der Waals surface area contributed by atoms with Crippen molar-refractivity contribution in [3.63, 3.8) is 0 Å². The van der Waals surface area contributed by atoms with Crippen LogP contribution in [0.15, 0.2) is 72.3 Å². The number of benzene rings is 3. The van der Waals surface area contributed by atoms with Crippen molar-refractivity contribution in [3.8, 4) is 5.75 Å². The summed E-state index contributed by atoms with van der Waals surface area (Å²) in [6, 6.07) is 14.0. The number of carbonyl (C=O) groups excluding carboxylic acids is 2. The highest BCUT2D eigenvalue weighted by molar-refractivity contribution is 6.51. The van der Waals surface area contributed by atoms with Gasteiger partial charge in [-0.3, -0.25) is 14.5 Å². The number of ketones is 1. The van der Waals surface area contributed by atoms with Crippen molar-refractivity contribution in [1.29, 1.82) is 0 Å². The van der Waals surface area contributed by atoms with E-state index in [-0.39, 0.29) is 22.8 Å². The second-order valence-electron chi connectivity index (χ2n) is 9.00. The fourth-order valence-electron chi connectivity index (χ4n) is 4.92. The van der Waals surface area contributed by atoms with Gasteiger partial charge in [-0.25, -0.2) is 0 Å². The third kappa shape index (κ3) is 4.12. The van der Waals surface area contributed by atoms with E-state index in [2.05, 4.69) is 0 Å². The van der Waals surface area contributed by atoms with Crippen molar-refractivity contribution in [3.05, 3.63) is 100 Å². The summed E-state index contributed by atoms with van der Waals surface area (Å²) >= 11 is 0. The number of Topliss-reactive ketones (excluding diaryl/α,β-unsaturated/α-hetero) is 1. The summed E-state index contributed by atoms with van der Waals surface area (Å²) in [6.07, 6.45) is -0.685. The van der Waals surface area contributed by atoms with E-state index in [1.54, 1.807) is 6.07 Å². The van der Waals surface area contributed by atoms with E-state index in [0.29, 0.717) is 11.1 Å². The zero-order valence-corrected chi connectivity index (χ0v) is 19.0. The van der Waals surface area contributed by atoms with Crippen LogP contribution in [0.2, 0.25) is 0 Å². The largest absolute Gasteiger partial charge is 0.508 e. The quantitative estimate of drug-likeness (QED) is 0.270. The number of phenols is 1. The molecule has 1 amide bonds. The molecule has 1 fully saturated rings. The maximum absolute atomic E-state index is 13.2. The van der Waals surface area contributed by atoms with Gasteiger partial charge in [0, 0.05) is 11.3 Å². The van der Waals surface area contributed by atoms with Gasteiger partial charge in [0.25, 0.3) is 11.7 Å². The van der Waals surface area contributed by atoms with Crippen LogP contribution in [0, 0.1) is 0 Å². The van der Waals surface area contributed by atoms with Crippen molar-refractivity contribution in [1.82, 2.24) is 0 Å². The summed E-state index contributed by atoms with van der Waals surface area (Å²) in [7, 11) is 0. The van der Waals surface area contributed by atoms with Gasteiger partial charge < -0.3 is 10.2 Å². The molecule has 1 unspecified atom stereocenters. The van der Waals surface area contributed by atoms with Gasteiger partial charge >= 0.3 is 6.18 Å². The number of halogens is 3. The van der Waals surface area contributed by atoms with Crippen molar-refractivity contribution in [2.75, 3.05) is 4.90 Å². The van der Waals surface area contributed by atoms with Crippen LogP contribution in [-0.2, 0) is 28.6 Å². The number of aliphatic hydroxyl groups excluding tert-OH is 1. The number of hydrogen-bond donors (Lipinski definition) is 2. The van der Waals surface area contributed by atoms with Gasteiger partial charge in [-0.15, -0.1) is 0 Å². The molecule has 0 saturated carbocycles. The van der Waals surface area contributed by atoms with Crippen LogP contribution >= 0.6 is 0 Å². The predicted molar refractivity (Wildman–Crippen MR) is 127 cm³/mol. The highest BCUT2D eigenvalue weighted by Gasteiger charge is 2.47. The molecule has 2 aliphatic rings. The first kappa shape index (κ1) is 23.7. The number of aryl methyl sites for hydroxylation is 2. The average Bonchev–Trinajstić information content (AvgIpc) is 3.13. The Morgan fingerprint density at radius 1 is 0.861 bits per heavy atom. The molecule has 36 heavy (non-hydrogen) atoms. The predicted octanol–water partition coefficient (Wildman–Crippen LogP) is 5.92. The van der Waals surface area contributed by atoms with Crippen LogP contribution in [0.1, 0.15) is 46.7 Å². The van der Waals surface area contributed by atoms with Crippen molar-refractivity contribution >= 4 is 23.1 Å². The lowest BCUT2D eigenvalue weighted by Crippen LogP contribution is -2.29. The fraction of sp³-hybridized carbons (Fsp3) is 0.214. The lowest BCUT2D eigenvalue weighted by molar-refractivity contribution is -0.137. The summed E-state index contributed by atoms with van der Waals surface area (Å²) < 4.78 is 39.3. The van der Waals surface area contributed by atoms with Crippen LogP contribution in [-0.4, -0.2) is 21.9 Å². The van der Waals surface area contributed by atoms with E-state index in [0.717, 1.165) is 60.4 Å². The Hall–Kier alpha value is -4.07. The molecule has 1 aliphatic carbocycles. The lowest BCUT2D eigenvalue weighted by Gasteiger charge is -2.26. The molecule has 1 aliphatic heterocycles. The van der Waals surface area contributed by atoms with Crippen molar-refractivity contribution in [2.24, 2.45) is 0 Å². The molecular formula is C28H22F3NO4. The molecular weight excluding hydrogens is 471 g/mol. The average molecular weight is 493 g/mol. The van der Waals surface area contributed by atoms with Crippen molar-refractivity contribution < 1.29 is 33.0 Å². The number of rotatable bonds is 3. The van der Waals surface area contributed by atoms with Crippen LogP contribution < -0.4 is 4.90 Å². The topological polar surface area (TPSA) is 77.8 Å². The highest BCUT2D eigenvalue weighted by Crippen LogP contribution is 2.43. The normalized spacial score (nSPS) is 19.4. The number of fused-ring (bicyclic) bond motifs is 1. The SMILES string of the molecule is O=C1C(=O)N(c2ccc(C(F)(F)F)cc2)C(c2ccc(O)cc2)/C1=C(/O)c1ccc2c(c1)CCCC2. The number of carbonyl (C=O) groups is 2. The Kier molecular flexibility index (Phi) is 5.82. The molecule has 0 aromatic heterocycles. The molecule has 0 bridgehead atoms. The summed E-state index contributed by atoms with van der Waals surface area (Å²) in [4.78, 5) is 27.5. The molecule has 2 N–H and O–H groups in total. The molecule has 0 spiro atoms. The Bertz CT molecular complexity index is 1380. The van der Waals surface area contributed by atoms with Crippen LogP contribution in [0.3, 0.4) is 0 Å². The first-order valence-corrected chi connectivity index (χ1v) is 11.5. The second kappa shape index (κ2) is 8.86. The van der Waals surface area contributed by atoms with E-state index >= 15 is 0 Å². The lowest BCUT2D eigenvalue weighted by atomic mass is 9.88. The summed E-state index contributed by atoms with van der Waals surface area (Å²) in [5, 5.41) is 21.0. The number of aliphatic hydroxyl groups is 1. The van der Waals surface area contributed by atoms with Gasteiger partial charge in [-0.1, -0.05) is 24.3 Å². The van der Waals surface area contributed by atoms with E-state index in [1.807, 2.05) is 12.1 Å². The van der Waals surface area contributed by atoms with Gasteiger partial charge in [-0.05, 0) is 84.8 Å². The third-order valence-corrected chi connectivity index (χ3v) is 6.75. The van der Waals surface area contributed by atoms with Gasteiger partial charge in [0.2, 0.25) is 0 Å². The summed E-state index contributed by atoms with van der Waals surface area (Å²) in [6.45, 7) is 0. The number of hydrogen-bond acceptors (Lipinski definition) is 4. The highest BCUT2D eigenvalue weighted by atomic mass is 19.4. The van der Waals surface area contributed by atoms with Crippen LogP contribution in [0.25, 0.3) is 5.76 Å². The second-order valence-corrected chi connectivity index (χ2v) is 9.00. The minimum absolute atomic E-state index is 0.0417. The van der Waals surface area contributed by atoms with Crippen molar-refractivity contribution in [2.45, 2.75) is 37.9 Å². The number of alkyl halides is 3. The van der Waals surface area contributed by atoms with Crippen LogP contribution in [0.5, 0.6) is 5.75 Å². The minimum atomic E-state index is -4.56. The summed E-state index contributed by atoms with van der Waals surface area (Å²) in [5.74, 6) is -2.30. The van der Waals surface area contributed by atoms with E-state index in [1.165, 1.54) is 29.8 Å². The van der Waals surface area contributed by atoms with Crippen LogP contribution in [0.4, 0.5) is 18.9 Å². The number of aromatic hydroxyl groups is 1. The molecule has 1 atom stereocenters. The monoisotopic (exact) mass is 493 g/mol. The fourth-order valence-corrected chi connectivity index (χ4v) is 4.92. The number of phenolic OH excluding ortho intramolecular Hbond substituents is 1. The van der Waals surface area contributed by atoms with E-state index in [9.17, 15) is 33.0 Å². The Morgan fingerprint density at radius 2 is 1.50 bits per heavy atom. The number of nitrogens with zero attached hydrogens (tertiary/aromatic N) is 1. The third-order valence-electron chi connectivity index (χ3n) is 6.75. The smallest absolute Gasteiger partial charge is 0.416 e. The molecule has 1 heterocycles. The molecule has 8 heteroatoms. The van der Waals surface area contributed by atoms with E-state index in [4.69, 9.17) is 0 Å². The van der Waals surface area contributed by atoms with Gasteiger partial charge in [0.1, 0.15) is 11.5 Å². The molecule has 1 saturated heterocycles. The molecule has 5 nitrogen and oxygen atoms in total. The van der Waals surface area contributed by atoms with Gasteiger partial charge in [0.15, 0.2) is 0 Å². The Balaban J connectivity index is 1.66. The van der Waals surface area contributed by atoms with E-state index < -0.39 is 29.5 Å². The standard InChI is InChI=1S/C28H22F3NO4/c29-28(30,31)20-9-11-21(12-10-20)32-24(17-7-13-22(33)14-8-17)23(26(35)27(32)36)25(34)19-6-5-16-3-1-2-4-18(16)15-19/h5-15,24,33-34H,1-4H2/b25-23-. The Labute approximate surface area is 205 Å². The molecule has 184 valence electrons. The van der Waals surface area contributed by atoms with Gasteiger partial charge in [0.05, 0.1) is 17.2 Å². The maximum Gasteiger partial charge on any atom is 0.416 e. The first-order valence-electron chi connectivity index (χ1n) is 11.5. The van der Waals surface area contributed by atoms with Gasteiger partial charge in [-0.2, -0.15) is 13.2 Å². The minimum Gasteiger partial charge on any atom is -0.508 e. The zero-order valence-electron chi connectivity index (χ0n) is 19.0. The maximum atomic E-state index is 13.2. The summed E-state index contributed by atoms with van der Waals surface area (Å²) in [5.41, 5.74) is 2.07. The molecule has 3 aromatic rings.